The Morgan fingerprint density at radius 1 is 0.741 bits per heavy atom. The van der Waals surface area contributed by atoms with Crippen LogP contribution >= 0.6 is 0 Å². The Bertz CT molecular complexity index is 882. The molecular formula is C24H23B2N. The summed E-state index contributed by atoms with van der Waals surface area (Å²) >= 11 is 0. The first kappa shape index (κ1) is 18.1. The summed E-state index contributed by atoms with van der Waals surface area (Å²) in [5.74, 6) is 0.347. The summed E-state index contributed by atoms with van der Waals surface area (Å²) in [7, 11) is 13.2. The molecule has 1 aliphatic carbocycles. The molecule has 27 heavy (non-hydrogen) atoms. The fourth-order valence-corrected chi connectivity index (χ4v) is 4.13. The van der Waals surface area contributed by atoms with Crippen LogP contribution in [0.5, 0.6) is 0 Å². The van der Waals surface area contributed by atoms with Gasteiger partial charge in [0, 0.05) is 17.3 Å². The van der Waals surface area contributed by atoms with E-state index in [0.717, 1.165) is 40.8 Å². The van der Waals surface area contributed by atoms with Crippen LogP contribution in [0.4, 0.5) is 0 Å². The highest BCUT2D eigenvalue weighted by Crippen LogP contribution is 2.38. The number of rotatable bonds is 4. The van der Waals surface area contributed by atoms with Crippen LogP contribution in [0.25, 0.3) is 22.4 Å². The zero-order chi connectivity index (χ0) is 18.7. The van der Waals surface area contributed by atoms with Crippen LogP contribution in [0.1, 0.15) is 37.7 Å². The Hall–Kier alpha value is -2.28. The molecule has 3 aromatic rings. The van der Waals surface area contributed by atoms with E-state index < -0.39 is 5.21 Å². The van der Waals surface area contributed by atoms with Crippen molar-refractivity contribution in [1.29, 1.82) is 0 Å². The van der Waals surface area contributed by atoms with E-state index in [9.17, 15) is 0 Å². The SMILES string of the molecule is [B]C([B])(c1cccc(-c2ccc(-c3ccccc3)nc2)c1)C1CCCCC1. The molecule has 2 aromatic carbocycles. The standard InChI is InChI=1S/C24H23B2N/c25-24(26,21-11-5-2-6-12-21)22-13-7-10-19(16-22)20-14-15-23(27-17-20)18-8-3-1-4-9-18/h1,3-4,7-10,13-17,21H,2,5-6,11-12H2. The lowest BCUT2D eigenvalue weighted by molar-refractivity contribution is 0.327. The van der Waals surface area contributed by atoms with E-state index in [1.807, 2.05) is 30.5 Å². The maximum atomic E-state index is 6.62. The van der Waals surface area contributed by atoms with E-state index in [0.29, 0.717) is 5.92 Å². The molecule has 130 valence electrons. The molecule has 4 radical (unpaired) electrons. The number of aromatic nitrogens is 1. The maximum Gasteiger partial charge on any atom is 0.0702 e. The first-order chi connectivity index (χ1) is 13.1. The summed E-state index contributed by atoms with van der Waals surface area (Å²) in [6.07, 6.45) is 7.91. The summed E-state index contributed by atoms with van der Waals surface area (Å²) in [6.45, 7) is 0. The van der Waals surface area contributed by atoms with Crippen LogP contribution in [-0.2, 0) is 5.21 Å². The Kier molecular flexibility index (Phi) is 5.20. The van der Waals surface area contributed by atoms with Gasteiger partial charge in [0.05, 0.1) is 21.4 Å². The minimum atomic E-state index is -0.770. The molecule has 4 rings (SSSR count). The number of hydrogen-bond donors (Lipinski definition) is 0. The number of pyridine rings is 1. The highest BCUT2D eigenvalue weighted by atomic mass is 14.7. The maximum absolute atomic E-state index is 6.62. The monoisotopic (exact) mass is 347 g/mol. The molecule has 1 saturated carbocycles. The van der Waals surface area contributed by atoms with Gasteiger partial charge in [0.2, 0.25) is 0 Å². The van der Waals surface area contributed by atoms with Crippen LogP contribution < -0.4 is 0 Å². The van der Waals surface area contributed by atoms with Gasteiger partial charge >= 0.3 is 0 Å². The number of nitrogens with zero attached hydrogens (tertiary/aromatic N) is 1. The summed E-state index contributed by atoms with van der Waals surface area (Å²) < 4.78 is 0. The Balaban J connectivity index is 1.60. The minimum absolute atomic E-state index is 0.347. The fraction of sp³-hybridized carbons (Fsp3) is 0.292. The molecule has 1 fully saturated rings. The fourth-order valence-electron chi connectivity index (χ4n) is 4.13. The third-order valence-corrected chi connectivity index (χ3v) is 5.81. The molecule has 0 N–H and O–H groups in total. The van der Waals surface area contributed by atoms with Crippen LogP contribution in [0, 0.1) is 5.92 Å². The van der Waals surface area contributed by atoms with Gasteiger partial charge in [0.1, 0.15) is 0 Å². The third-order valence-electron chi connectivity index (χ3n) is 5.81. The van der Waals surface area contributed by atoms with Gasteiger partial charge in [0.15, 0.2) is 0 Å². The van der Waals surface area contributed by atoms with E-state index in [1.165, 1.54) is 19.3 Å². The van der Waals surface area contributed by atoms with Gasteiger partial charge in [-0.3, -0.25) is 4.98 Å². The quantitative estimate of drug-likeness (QED) is 0.569. The van der Waals surface area contributed by atoms with Crippen LogP contribution in [-0.4, -0.2) is 20.7 Å². The van der Waals surface area contributed by atoms with Crippen molar-refractivity contribution >= 4 is 15.7 Å². The second-order valence-corrected chi connectivity index (χ2v) is 7.65. The van der Waals surface area contributed by atoms with Crippen molar-refractivity contribution in [2.75, 3.05) is 0 Å². The minimum Gasteiger partial charge on any atom is -0.256 e. The lowest BCUT2D eigenvalue weighted by Gasteiger charge is -2.39. The molecule has 0 amide bonds. The molecule has 0 unspecified atom stereocenters. The van der Waals surface area contributed by atoms with Gasteiger partial charge in [-0.25, -0.2) is 0 Å². The van der Waals surface area contributed by atoms with E-state index in [-0.39, 0.29) is 0 Å². The normalized spacial score (nSPS) is 15.6. The van der Waals surface area contributed by atoms with E-state index in [1.54, 1.807) is 0 Å². The molecule has 3 heteroatoms. The highest BCUT2D eigenvalue weighted by molar-refractivity contribution is 6.40. The van der Waals surface area contributed by atoms with Crippen LogP contribution in [0.15, 0.2) is 72.9 Å². The summed E-state index contributed by atoms with van der Waals surface area (Å²) in [5, 5.41) is -0.770. The summed E-state index contributed by atoms with van der Waals surface area (Å²) in [6, 6.07) is 22.7. The van der Waals surface area contributed by atoms with Crippen molar-refractivity contribution < 1.29 is 0 Å². The van der Waals surface area contributed by atoms with Gasteiger partial charge in [-0.05, 0) is 17.5 Å². The average Bonchev–Trinajstić information content (AvgIpc) is 2.75. The molecule has 1 nitrogen and oxygen atoms in total. The lowest BCUT2D eigenvalue weighted by atomic mass is 9.43. The Morgan fingerprint density at radius 2 is 1.48 bits per heavy atom. The van der Waals surface area contributed by atoms with Gasteiger partial charge in [-0.15, -0.1) is 0 Å². The second kappa shape index (κ2) is 7.76. The molecule has 0 spiro atoms. The molecule has 0 aliphatic heterocycles. The molecule has 1 aromatic heterocycles. The zero-order valence-corrected chi connectivity index (χ0v) is 15.6. The Labute approximate surface area is 165 Å². The van der Waals surface area contributed by atoms with Crippen LogP contribution in [0.2, 0.25) is 0 Å². The largest absolute Gasteiger partial charge is 0.256 e. The topological polar surface area (TPSA) is 12.9 Å². The number of benzene rings is 2. The highest BCUT2D eigenvalue weighted by Gasteiger charge is 2.31. The van der Waals surface area contributed by atoms with E-state index in [4.69, 9.17) is 15.7 Å². The van der Waals surface area contributed by atoms with Gasteiger partial charge in [0.25, 0.3) is 0 Å². The third kappa shape index (κ3) is 3.88. The van der Waals surface area contributed by atoms with Crippen molar-refractivity contribution in [3.05, 3.63) is 78.5 Å². The van der Waals surface area contributed by atoms with Crippen molar-refractivity contribution in [1.82, 2.24) is 4.98 Å². The van der Waals surface area contributed by atoms with Crippen molar-refractivity contribution in [2.45, 2.75) is 37.3 Å². The van der Waals surface area contributed by atoms with E-state index in [2.05, 4.69) is 47.4 Å². The van der Waals surface area contributed by atoms with Gasteiger partial charge < -0.3 is 0 Å². The molecule has 0 saturated heterocycles. The molecular weight excluding hydrogens is 324 g/mol. The first-order valence-electron chi connectivity index (χ1n) is 9.85. The van der Waals surface area contributed by atoms with Crippen LogP contribution in [0.3, 0.4) is 0 Å². The predicted octanol–water partition coefficient (Wildman–Crippen LogP) is 5.49. The molecule has 0 bridgehead atoms. The summed E-state index contributed by atoms with van der Waals surface area (Å²) in [5.41, 5.74) is 5.30. The molecule has 1 heterocycles. The molecule has 1 aliphatic rings. The summed E-state index contributed by atoms with van der Waals surface area (Å²) in [4.78, 5) is 4.64. The lowest BCUT2D eigenvalue weighted by Crippen LogP contribution is -2.37. The van der Waals surface area contributed by atoms with Gasteiger partial charge in [-0.2, -0.15) is 0 Å². The average molecular weight is 347 g/mol. The predicted molar refractivity (Wildman–Crippen MR) is 115 cm³/mol. The molecule has 0 atom stereocenters. The van der Waals surface area contributed by atoms with Crippen molar-refractivity contribution in [3.63, 3.8) is 0 Å². The Morgan fingerprint density at radius 3 is 2.19 bits per heavy atom. The smallest absolute Gasteiger partial charge is 0.0702 e. The first-order valence-corrected chi connectivity index (χ1v) is 9.85. The number of hydrogen-bond acceptors (Lipinski definition) is 1. The van der Waals surface area contributed by atoms with Crippen molar-refractivity contribution in [2.24, 2.45) is 5.92 Å². The van der Waals surface area contributed by atoms with E-state index >= 15 is 0 Å². The van der Waals surface area contributed by atoms with Crippen molar-refractivity contribution in [3.8, 4) is 22.4 Å². The van der Waals surface area contributed by atoms with Gasteiger partial charge in [-0.1, -0.05) is 104 Å². The second-order valence-electron chi connectivity index (χ2n) is 7.65. The zero-order valence-electron chi connectivity index (χ0n) is 15.6.